The Morgan fingerprint density at radius 1 is 1.16 bits per heavy atom. The molecular weight excluding hydrogens is 338 g/mol. The lowest BCUT2D eigenvalue weighted by atomic mass is 10.0. The fourth-order valence-electron chi connectivity index (χ4n) is 1.80. The second kappa shape index (κ2) is 5.99. The number of aliphatic hydroxyl groups is 1. The standard InChI is InChI=1S/C14H10BrClF2O/c15-9-4-5-11(17)8(6-9)7-13(19)10-2-1-3-12(18)14(10)16/h1-6,13,19H,7H2. The molecule has 0 saturated heterocycles. The van der Waals surface area contributed by atoms with Crippen molar-refractivity contribution in [1.29, 1.82) is 0 Å². The van der Waals surface area contributed by atoms with E-state index in [-0.39, 0.29) is 17.0 Å². The summed E-state index contributed by atoms with van der Waals surface area (Å²) in [4.78, 5) is 0. The number of aliphatic hydroxyl groups excluding tert-OH is 1. The maximum atomic E-state index is 13.6. The molecule has 0 aliphatic carbocycles. The van der Waals surface area contributed by atoms with E-state index in [0.717, 1.165) is 0 Å². The summed E-state index contributed by atoms with van der Waals surface area (Å²) in [5.41, 5.74) is 0.586. The first-order chi connectivity index (χ1) is 8.99. The number of hydrogen-bond donors (Lipinski definition) is 1. The van der Waals surface area contributed by atoms with Crippen LogP contribution in [0.15, 0.2) is 40.9 Å². The zero-order valence-corrected chi connectivity index (χ0v) is 12.0. The minimum absolute atomic E-state index is 0.0223. The Kier molecular flexibility index (Phi) is 4.55. The monoisotopic (exact) mass is 346 g/mol. The molecule has 100 valence electrons. The van der Waals surface area contributed by atoms with Gasteiger partial charge in [-0.25, -0.2) is 8.78 Å². The molecule has 0 spiro atoms. The molecule has 0 bridgehead atoms. The molecule has 5 heteroatoms. The summed E-state index contributed by atoms with van der Waals surface area (Å²) in [5.74, 6) is -1.03. The molecule has 0 fully saturated rings. The number of hydrogen-bond acceptors (Lipinski definition) is 1. The lowest BCUT2D eigenvalue weighted by molar-refractivity contribution is 0.177. The van der Waals surface area contributed by atoms with Crippen LogP contribution in [-0.4, -0.2) is 5.11 Å². The van der Waals surface area contributed by atoms with Gasteiger partial charge in [-0.15, -0.1) is 0 Å². The molecule has 0 saturated carbocycles. The molecule has 2 rings (SSSR count). The van der Waals surface area contributed by atoms with Crippen molar-refractivity contribution < 1.29 is 13.9 Å². The lowest BCUT2D eigenvalue weighted by Crippen LogP contribution is -2.05. The Labute approximate surface area is 123 Å². The van der Waals surface area contributed by atoms with E-state index in [4.69, 9.17) is 11.6 Å². The Bertz CT molecular complexity index is 604. The fourth-order valence-corrected chi connectivity index (χ4v) is 2.46. The van der Waals surface area contributed by atoms with E-state index in [0.29, 0.717) is 10.0 Å². The van der Waals surface area contributed by atoms with Gasteiger partial charge in [-0.05, 0) is 29.8 Å². The zero-order chi connectivity index (χ0) is 14.0. The second-order valence-electron chi connectivity index (χ2n) is 4.10. The summed E-state index contributed by atoms with van der Waals surface area (Å²) < 4.78 is 27.6. The molecule has 2 aromatic carbocycles. The number of rotatable bonds is 3. The van der Waals surface area contributed by atoms with Crippen molar-refractivity contribution in [2.75, 3.05) is 0 Å². The molecule has 0 aliphatic rings. The van der Waals surface area contributed by atoms with Crippen LogP contribution < -0.4 is 0 Å². The van der Waals surface area contributed by atoms with Gasteiger partial charge in [0.2, 0.25) is 0 Å². The Balaban J connectivity index is 2.28. The summed E-state index contributed by atoms with van der Waals surface area (Å²) in [5, 5.41) is 9.93. The predicted octanol–water partition coefficient (Wildman–Crippen LogP) is 4.66. The smallest absolute Gasteiger partial charge is 0.142 e. The lowest BCUT2D eigenvalue weighted by Gasteiger charge is -2.14. The molecule has 1 atom stereocenters. The van der Waals surface area contributed by atoms with Crippen molar-refractivity contribution in [3.05, 3.63) is 68.7 Å². The number of halogens is 4. The third kappa shape index (κ3) is 3.32. The third-order valence-electron chi connectivity index (χ3n) is 2.76. The molecule has 0 heterocycles. The maximum absolute atomic E-state index is 13.6. The van der Waals surface area contributed by atoms with E-state index in [1.54, 1.807) is 12.1 Å². The topological polar surface area (TPSA) is 20.2 Å². The van der Waals surface area contributed by atoms with Gasteiger partial charge in [-0.2, -0.15) is 0 Å². The summed E-state index contributed by atoms with van der Waals surface area (Å²) in [6.45, 7) is 0. The van der Waals surface area contributed by atoms with E-state index in [9.17, 15) is 13.9 Å². The third-order valence-corrected chi connectivity index (χ3v) is 3.65. The van der Waals surface area contributed by atoms with Crippen molar-refractivity contribution in [2.24, 2.45) is 0 Å². The van der Waals surface area contributed by atoms with Gasteiger partial charge in [0.25, 0.3) is 0 Å². The van der Waals surface area contributed by atoms with Crippen LogP contribution in [0.4, 0.5) is 8.78 Å². The van der Waals surface area contributed by atoms with Crippen LogP contribution in [0.2, 0.25) is 5.02 Å². The van der Waals surface area contributed by atoms with Crippen LogP contribution in [0.1, 0.15) is 17.2 Å². The normalized spacial score (nSPS) is 12.5. The summed E-state index contributed by atoms with van der Waals surface area (Å²) in [6.07, 6.45) is -1.04. The minimum atomic E-state index is -1.06. The van der Waals surface area contributed by atoms with Crippen molar-refractivity contribution in [3.63, 3.8) is 0 Å². The minimum Gasteiger partial charge on any atom is -0.388 e. The van der Waals surface area contributed by atoms with Gasteiger partial charge in [-0.3, -0.25) is 0 Å². The predicted molar refractivity (Wildman–Crippen MR) is 74.2 cm³/mol. The van der Waals surface area contributed by atoms with Crippen LogP contribution >= 0.6 is 27.5 Å². The maximum Gasteiger partial charge on any atom is 0.142 e. The van der Waals surface area contributed by atoms with Gasteiger partial charge in [0.05, 0.1) is 11.1 Å². The van der Waals surface area contributed by atoms with E-state index in [1.807, 2.05) is 0 Å². The van der Waals surface area contributed by atoms with Crippen molar-refractivity contribution in [2.45, 2.75) is 12.5 Å². The largest absolute Gasteiger partial charge is 0.388 e. The summed E-state index contributed by atoms with van der Waals surface area (Å²) in [7, 11) is 0. The van der Waals surface area contributed by atoms with Crippen molar-refractivity contribution in [3.8, 4) is 0 Å². The van der Waals surface area contributed by atoms with Gasteiger partial charge in [-0.1, -0.05) is 39.7 Å². The molecule has 19 heavy (non-hydrogen) atoms. The first-order valence-corrected chi connectivity index (χ1v) is 6.72. The SMILES string of the molecule is OC(Cc1cc(Br)ccc1F)c1cccc(F)c1Cl. The van der Waals surface area contributed by atoms with Crippen LogP contribution in [0.3, 0.4) is 0 Å². The first-order valence-electron chi connectivity index (χ1n) is 5.55. The van der Waals surface area contributed by atoms with Crippen LogP contribution in [0.5, 0.6) is 0 Å². The van der Waals surface area contributed by atoms with Crippen LogP contribution in [-0.2, 0) is 6.42 Å². The van der Waals surface area contributed by atoms with Gasteiger partial charge in [0.1, 0.15) is 11.6 Å². The second-order valence-corrected chi connectivity index (χ2v) is 5.39. The first kappa shape index (κ1) is 14.4. The highest BCUT2D eigenvalue weighted by Gasteiger charge is 2.16. The fraction of sp³-hybridized carbons (Fsp3) is 0.143. The zero-order valence-electron chi connectivity index (χ0n) is 9.71. The van der Waals surface area contributed by atoms with Gasteiger partial charge < -0.3 is 5.11 Å². The average Bonchev–Trinajstić information content (AvgIpc) is 2.37. The van der Waals surface area contributed by atoms with Gasteiger partial charge in [0.15, 0.2) is 0 Å². The van der Waals surface area contributed by atoms with Crippen LogP contribution in [0, 0.1) is 11.6 Å². The highest BCUT2D eigenvalue weighted by atomic mass is 79.9. The molecule has 0 aromatic heterocycles. The molecule has 1 N–H and O–H groups in total. The molecule has 1 unspecified atom stereocenters. The van der Waals surface area contributed by atoms with Crippen molar-refractivity contribution >= 4 is 27.5 Å². The Morgan fingerprint density at radius 3 is 2.63 bits per heavy atom. The molecular formula is C14H10BrClF2O. The van der Waals surface area contributed by atoms with Gasteiger partial charge >= 0.3 is 0 Å². The van der Waals surface area contributed by atoms with Crippen LogP contribution in [0.25, 0.3) is 0 Å². The quantitative estimate of drug-likeness (QED) is 0.856. The Morgan fingerprint density at radius 2 is 1.89 bits per heavy atom. The van der Waals surface area contributed by atoms with E-state index < -0.39 is 17.7 Å². The summed E-state index contributed by atoms with van der Waals surface area (Å²) in [6, 6.07) is 8.63. The number of benzene rings is 2. The van der Waals surface area contributed by atoms with E-state index in [1.165, 1.54) is 24.3 Å². The van der Waals surface area contributed by atoms with E-state index >= 15 is 0 Å². The van der Waals surface area contributed by atoms with E-state index in [2.05, 4.69) is 15.9 Å². The summed E-state index contributed by atoms with van der Waals surface area (Å²) >= 11 is 9.02. The molecule has 2 aromatic rings. The molecule has 0 radical (unpaired) electrons. The average molecular weight is 348 g/mol. The Hall–Kier alpha value is -0.970. The molecule has 0 amide bonds. The van der Waals surface area contributed by atoms with Gasteiger partial charge in [0, 0.05) is 16.5 Å². The highest BCUT2D eigenvalue weighted by molar-refractivity contribution is 9.10. The molecule has 1 nitrogen and oxygen atoms in total. The van der Waals surface area contributed by atoms with Crippen molar-refractivity contribution in [1.82, 2.24) is 0 Å². The molecule has 0 aliphatic heterocycles. The highest BCUT2D eigenvalue weighted by Crippen LogP contribution is 2.29.